The molecule has 422 valence electrons. The number of esters is 2. The van der Waals surface area contributed by atoms with Crippen molar-refractivity contribution in [3.8, 4) is 0 Å². The summed E-state index contributed by atoms with van der Waals surface area (Å²) >= 11 is 0. The van der Waals surface area contributed by atoms with Crippen molar-refractivity contribution < 1.29 is 63.7 Å². The van der Waals surface area contributed by atoms with Crippen molar-refractivity contribution in [1.29, 1.82) is 0 Å². The molecule has 0 spiro atoms. The molecular weight excluding hydrogens is 1020 g/mol. The molecule has 0 aliphatic rings. The third-order valence-electron chi connectivity index (χ3n) is 12.1. The number of nitrogens with one attached hydrogen (secondary N) is 2. The normalized spacial score (nSPS) is 13.6. The molecule has 0 fully saturated rings. The molecule has 2 amide bonds. The maximum atomic E-state index is 12.1. The molecule has 9 N–H and O–H groups in total. The average Bonchev–Trinajstić information content (AvgIpc) is 3.49. The molecular formula is C64H73N3O13. The van der Waals surface area contributed by atoms with E-state index in [1.807, 2.05) is 158 Å². The van der Waals surface area contributed by atoms with Crippen molar-refractivity contribution >= 4 is 73.3 Å². The van der Waals surface area contributed by atoms with Crippen molar-refractivity contribution in [3.05, 3.63) is 198 Å². The molecule has 80 heavy (non-hydrogen) atoms. The number of rotatable bonds is 13. The standard InChI is InChI=1S/C19H23NO5.C18H23NO4.C14H12O2.C13H15NO2/c1-19(2,3)25-18(23)20-15(16(21)17(22)24-4)14-10-9-12-7-5-6-8-13(12)11-14;1-18(2,3)23-17(22)19-16(15(21)11-20)14-9-8-12-6-4-5-7-13(12)10-14;1-16-14(15)9-7-11-6-8-12-4-2-3-5-13(12)10-11;14-13(12(16)8-15)11-6-5-9-3-1-2-4-10(9)7-11/h5-11,15-16,21H,1-4H3,(H,20,23);4-10,15-16,20-21H,11H2,1-3H3,(H,19,22);2-10H,1H3;1-7,12-13,15-16H,8,14H2/b;;9-7+;/t15-,16+;15-,16-;;12-,13-/m11.1/s1. The van der Waals surface area contributed by atoms with E-state index in [0.29, 0.717) is 11.1 Å². The van der Waals surface area contributed by atoms with Crippen LogP contribution in [0.4, 0.5) is 9.59 Å². The number of nitrogens with two attached hydrogens (primary N) is 1. The van der Waals surface area contributed by atoms with Crippen LogP contribution >= 0.6 is 0 Å². The van der Waals surface area contributed by atoms with Gasteiger partial charge in [0.15, 0.2) is 6.10 Å². The number of fused-ring (bicyclic) bond motifs is 4. The summed E-state index contributed by atoms with van der Waals surface area (Å²) in [5.74, 6) is -1.18. The second-order valence-corrected chi connectivity index (χ2v) is 20.5. The summed E-state index contributed by atoms with van der Waals surface area (Å²) < 4.78 is 19.6. The Balaban J connectivity index is 0.000000200. The summed E-state index contributed by atoms with van der Waals surface area (Å²) in [6.07, 6.45) is -1.79. The van der Waals surface area contributed by atoms with Gasteiger partial charge in [-0.05, 0) is 137 Å². The Labute approximate surface area is 466 Å². The number of carbonyl (C=O) groups excluding carboxylic acids is 4. The number of hydrogen-bond acceptors (Lipinski definition) is 14. The van der Waals surface area contributed by atoms with Crippen molar-refractivity contribution in [3.63, 3.8) is 0 Å². The van der Waals surface area contributed by atoms with Crippen LogP contribution < -0.4 is 16.4 Å². The highest BCUT2D eigenvalue weighted by Crippen LogP contribution is 2.27. The van der Waals surface area contributed by atoms with Crippen LogP contribution in [-0.4, -0.2) is 107 Å². The monoisotopic (exact) mass is 1090 g/mol. The van der Waals surface area contributed by atoms with Gasteiger partial charge in [-0.2, -0.15) is 0 Å². The summed E-state index contributed by atoms with van der Waals surface area (Å²) in [6.45, 7) is 9.69. The Morgan fingerprint density at radius 2 is 0.850 bits per heavy atom. The van der Waals surface area contributed by atoms with Crippen LogP contribution in [0.25, 0.3) is 49.2 Å². The van der Waals surface area contributed by atoms with E-state index in [-0.39, 0.29) is 12.6 Å². The van der Waals surface area contributed by atoms with Crippen LogP contribution in [0.3, 0.4) is 0 Å². The van der Waals surface area contributed by atoms with Crippen LogP contribution in [0, 0.1) is 0 Å². The minimum absolute atomic E-state index is 0.325. The predicted molar refractivity (Wildman–Crippen MR) is 312 cm³/mol. The molecule has 0 aliphatic heterocycles. The van der Waals surface area contributed by atoms with E-state index >= 15 is 0 Å². The Bertz CT molecular complexity index is 3350. The van der Waals surface area contributed by atoms with Crippen LogP contribution in [0.1, 0.15) is 81.9 Å². The van der Waals surface area contributed by atoms with Crippen LogP contribution in [0.15, 0.2) is 176 Å². The van der Waals surface area contributed by atoms with Crippen LogP contribution in [0.2, 0.25) is 0 Å². The minimum Gasteiger partial charge on any atom is -0.467 e. The molecule has 0 radical (unpaired) electrons. The number of ether oxygens (including phenoxy) is 4. The molecule has 8 aromatic rings. The largest absolute Gasteiger partial charge is 0.467 e. The lowest BCUT2D eigenvalue weighted by Gasteiger charge is -2.26. The molecule has 16 heteroatoms. The minimum atomic E-state index is -1.56. The fraction of sp³-hybridized carbons (Fsp3) is 0.281. The number of hydrogen-bond donors (Lipinski definition) is 8. The van der Waals surface area contributed by atoms with Crippen molar-refractivity contribution in [1.82, 2.24) is 10.6 Å². The van der Waals surface area contributed by atoms with E-state index in [1.165, 1.54) is 25.7 Å². The smallest absolute Gasteiger partial charge is 0.408 e. The highest BCUT2D eigenvalue weighted by molar-refractivity contribution is 5.90. The van der Waals surface area contributed by atoms with Crippen molar-refractivity contribution in [2.24, 2.45) is 5.73 Å². The predicted octanol–water partition coefficient (Wildman–Crippen LogP) is 9.92. The Morgan fingerprint density at radius 3 is 1.25 bits per heavy atom. The molecule has 0 heterocycles. The Hall–Kier alpha value is -8.22. The molecule has 0 saturated heterocycles. The zero-order chi connectivity index (χ0) is 58.6. The summed E-state index contributed by atoms with van der Waals surface area (Å²) in [5.41, 5.74) is 7.59. The SMILES string of the molecule is CC(C)(C)OC(=O)N[C@H](c1ccc2ccccc2c1)[C@H](O)CO.COC(=O)/C=C/c1ccc2ccccc2c1.COC(=O)[C@@H](O)[C@H](NC(=O)OC(C)(C)C)c1ccc2ccccc2c1.N[C@H](c1ccc2ccccc2c1)[C@H](O)CO. The molecule has 8 aromatic carbocycles. The fourth-order valence-electron chi connectivity index (χ4n) is 8.07. The quantitative estimate of drug-likeness (QED) is 0.0304. The first-order valence-corrected chi connectivity index (χ1v) is 25.8. The summed E-state index contributed by atoms with van der Waals surface area (Å²) in [6, 6.07) is 52.1. The Kier molecular flexibility index (Phi) is 23.2. The van der Waals surface area contributed by atoms with E-state index in [2.05, 4.69) is 26.2 Å². The van der Waals surface area contributed by atoms with Gasteiger partial charge in [0.1, 0.15) is 17.3 Å². The van der Waals surface area contributed by atoms with Crippen molar-refractivity contribution in [2.45, 2.75) is 89.2 Å². The summed E-state index contributed by atoms with van der Waals surface area (Å²) in [4.78, 5) is 46.9. The van der Waals surface area contributed by atoms with Gasteiger partial charge in [-0.25, -0.2) is 19.2 Å². The average molecular weight is 1090 g/mol. The highest BCUT2D eigenvalue weighted by Gasteiger charge is 2.32. The van der Waals surface area contributed by atoms with Gasteiger partial charge in [0.05, 0.1) is 51.7 Å². The van der Waals surface area contributed by atoms with Crippen molar-refractivity contribution in [2.75, 3.05) is 27.4 Å². The van der Waals surface area contributed by atoms with Gasteiger partial charge in [0.2, 0.25) is 0 Å². The van der Waals surface area contributed by atoms with Gasteiger partial charge >= 0.3 is 24.1 Å². The van der Waals surface area contributed by atoms with E-state index in [4.69, 9.17) is 20.3 Å². The van der Waals surface area contributed by atoms with Gasteiger partial charge in [-0.15, -0.1) is 0 Å². The topological polar surface area (TPSA) is 256 Å². The zero-order valence-corrected chi connectivity index (χ0v) is 46.3. The molecule has 0 aromatic heterocycles. The van der Waals surface area contributed by atoms with E-state index < -0.39 is 72.4 Å². The lowest BCUT2D eigenvalue weighted by Crippen LogP contribution is -2.43. The van der Waals surface area contributed by atoms with Gasteiger partial charge < -0.3 is 60.8 Å². The first-order chi connectivity index (χ1) is 38.0. The second-order valence-electron chi connectivity index (χ2n) is 20.5. The van der Waals surface area contributed by atoms with Crippen LogP contribution in [0.5, 0.6) is 0 Å². The summed E-state index contributed by atoms with van der Waals surface area (Å²) in [7, 11) is 2.55. The number of benzene rings is 8. The maximum Gasteiger partial charge on any atom is 0.408 e. The first-order valence-electron chi connectivity index (χ1n) is 25.8. The van der Waals surface area contributed by atoms with Gasteiger partial charge in [-0.3, -0.25) is 0 Å². The third-order valence-corrected chi connectivity index (χ3v) is 12.1. The highest BCUT2D eigenvalue weighted by atomic mass is 16.6. The molecule has 6 atom stereocenters. The lowest BCUT2D eigenvalue weighted by molar-refractivity contribution is -0.152. The lowest BCUT2D eigenvalue weighted by atomic mass is 9.98. The van der Waals surface area contributed by atoms with Gasteiger partial charge in [0, 0.05) is 6.08 Å². The van der Waals surface area contributed by atoms with E-state index in [0.717, 1.165) is 48.8 Å². The number of carbonyl (C=O) groups is 4. The van der Waals surface area contributed by atoms with Gasteiger partial charge in [0.25, 0.3) is 0 Å². The Morgan fingerprint density at radius 1 is 0.487 bits per heavy atom. The number of methoxy groups -OCH3 is 2. The first kappa shape index (κ1) is 62.6. The number of aliphatic hydroxyl groups is 5. The molecule has 0 bridgehead atoms. The molecule has 0 unspecified atom stereocenters. The molecule has 0 aliphatic carbocycles. The zero-order valence-electron chi connectivity index (χ0n) is 46.3. The maximum absolute atomic E-state index is 12.1. The molecule has 16 nitrogen and oxygen atoms in total. The van der Waals surface area contributed by atoms with E-state index in [1.54, 1.807) is 53.7 Å². The van der Waals surface area contributed by atoms with E-state index in [9.17, 15) is 39.6 Å². The fourth-order valence-corrected chi connectivity index (χ4v) is 8.07. The molecule has 0 saturated carbocycles. The second kappa shape index (κ2) is 29.7. The molecule has 8 rings (SSSR count). The number of amides is 2. The van der Waals surface area contributed by atoms with Gasteiger partial charge in [-0.1, -0.05) is 146 Å². The number of alkyl carbamates (subject to hydrolysis) is 2. The summed E-state index contributed by atoms with van der Waals surface area (Å²) in [5, 5.41) is 61.7. The number of aliphatic hydroxyl groups excluding tert-OH is 5. The van der Waals surface area contributed by atoms with Crippen LogP contribution in [-0.2, 0) is 28.5 Å². The third kappa shape index (κ3) is 19.3.